The minimum Gasteiger partial charge on any atom is -0.486 e. The van der Waals surface area contributed by atoms with Gasteiger partial charge in [-0.05, 0) is 66.6 Å². The minimum atomic E-state index is -4.48. The van der Waals surface area contributed by atoms with E-state index in [1.807, 2.05) is 19.9 Å². The van der Waals surface area contributed by atoms with Crippen LogP contribution in [-0.4, -0.2) is 16.6 Å². The summed E-state index contributed by atoms with van der Waals surface area (Å²) in [5.74, 6) is -0.226. The first kappa shape index (κ1) is 22.4. The second-order valence-corrected chi connectivity index (χ2v) is 8.50. The molecule has 0 aromatic heterocycles. The molecule has 2 aromatic carbocycles. The lowest BCUT2D eigenvalue weighted by atomic mass is 9.83. The largest absolute Gasteiger partial charge is 0.486 e. The molecule has 1 atom stereocenters. The Bertz CT molecular complexity index is 1070. The zero-order valence-electron chi connectivity index (χ0n) is 18.1. The normalized spacial score (nSPS) is 20.4. The molecule has 4 rings (SSSR count). The second-order valence-electron chi connectivity index (χ2n) is 8.50. The van der Waals surface area contributed by atoms with Gasteiger partial charge in [0.1, 0.15) is 11.4 Å². The fourth-order valence-corrected chi connectivity index (χ4v) is 4.53. The number of benzene rings is 2. The fraction of sp³-hybridized carbons (Fsp3) is 0.400. The number of fused-ring (bicyclic) bond motifs is 2. The molecule has 2 aromatic rings. The number of ether oxygens (including phenoxy) is 1. The van der Waals surface area contributed by atoms with Crippen LogP contribution in [0.5, 0.6) is 5.75 Å². The van der Waals surface area contributed by atoms with Crippen LogP contribution in [0.15, 0.2) is 42.5 Å². The van der Waals surface area contributed by atoms with Crippen LogP contribution in [0.1, 0.15) is 67.9 Å². The first-order chi connectivity index (χ1) is 15.1. The van der Waals surface area contributed by atoms with E-state index in [1.54, 1.807) is 12.1 Å². The van der Waals surface area contributed by atoms with Gasteiger partial charge in [-0.3, -0.25) is 4.79 Å². The summed E-state index contributed by atoms with van der Waals surface area (Å²) in [6.07, 6.45) is -0.462. The summed E-state index contributed by atoms with van der Waals surface area (Å²) in [5.41, 5.74) is 2.16. The van der Waals surface area contributed by atoms with Crippen molar-refractivity contribution in [3.63, 3.8) is 0 Å². The smallest absolute Gasteiger partial charge is 0.416 e. The molecule has 1 heterocycles. The number of rotatable bonds is 4. The van der Waals surface area contributed by atoms with Crippen molar-refractivity contribution in [1.29, 1.82) is 0 Å². The van der Waals surface area contributed by atoms with Gasteiger partial charge in [-0.15, -0.1) is 0 Å². The Kier molecular flexibility index (Phi) is 5.79. The Morgan fingerprint density at radius 3 is 2.66 bits per heavy atom. The zero-order valence-corrected chi connectivity index (χ0v) is 18.1. The lowest BCUT2D eigenvalue weighted by molar-refractivity contribution is -0.137. The topological polar surface area (TPSA) is 58.6 Å². The maximum atomic E-state index is 13.2. The van der Waals surface area contributed by atoms with Crippen LogP contribution in [0.4, 0.5) is 18.9 Å². The first-order valence-electron chi connectivity index (χ1n) is 10.9. The molecule has 0 radical (unpaired) electrons. The van der Waals surface area contributed by atoms with Crippen molar-refractivity contribution in [2.45, 2.75) is 63.8 Å². The van der Waals surface area contributed by atoms with E-state index in [0.29, 0.717) is 42.5 Å². The molecule has 0 saturated heterocycles. The van der Waals surface area contributed by atoms with Gasteiger partial charge in [0.05, 0.1) is 11.7 Å². The van der Waals surface area contributed by atoms with Crippen LogP contribution < -0.4 is 10.1 Å². The van der Waals surface area contributed by atoms with E-state index in [2.05, 4.69) is 5.32 Å². The number of nitrogens with one attached hydrogen (secondary N) is 1. The van der Waals surface area contributed by atoms with Gasteiger partial charge in [-0.25, -0.2) is 0 Å². The monoisotopic (exact) mass is 445 g/mol. The summed E-state index contributed by atoms with van der Waals surface area (Å²) in [7, 11) is 0. The molecule has 32 heavy (non-hydrogen) atoms. The van der Waals surface area contributed by atoms with Crippen LogP contribution in [0.3, 0.4) is 0 Å². The van der Waals surface area contributed by atoms with Gasteiger partial charge >= 0.3 is 6.18 Å². The number of hydrogen-bond acceptors (Lipinski definition) is 3. The third-order valence-electron chi connectivity index (χ3n) is 6.55. The third kappa shape index (κ3) is 4.26. The van der Waals surface area contributed by atoms with Crippen molar-refractivity contribution in [3.8, 4) is 5.75 Å². The molecule has 170 valence electrons. The van der Waals surface area contributed by atoms with Gasteiger partial charge in [-0.2, -0.15) is 13.2 Å². The predicted molar refractivity (Wildman–Crippen MR) is 116 cm³/mol. The lowest BCUT2D eigenvalue weighted by Gasteiger charge is -2.39. The summed E-state index contributed by atoms with van der Waals surface area (Å²) in [4.78, 5) is 12.8. The molecule has 0 saturated carbocycles. The Morgan fingerprint density at radius 2 is 1.97 bits per heavy atom. The number of amides is 1. The lowest BCUT2D eigenvalue weighted by Crippen LogP contribution is -2.38. The molecular weight excluding hydrogens is 419 g/mol. The van der Waals surface area contributed by atoms with Crippen molar-refractivity contribution >= 4 is 17.2 Å². The highest BCUT2D eigenvalue weighted by atomic mass is 19.4. The molecule has 2 aliphatic rings. The van der Waals surface area contributed by atoms with Gasteiger partial charge in [0.25, 0.3) is 0 Å². The Labute approximate surface area is 185 Å². The number of anilines is 1. The standard InChI is InChI=1S/C25H26F3NO3/c1-3-24(4-2)14-16(19-9-7-17(25(26,27)28)12-22(19)32-24)11-23(31)29-18-8-5-15-6-10-21(30)20(15)13-18/h5,7-9,11-13,21,30H,3-4,6,10,14H2,1-2H3,(H,29,31)/b16-11+/t21-/m1/s1. The Morgan fingerprint density at radius 1 is 1.22 bits per heavy atom. The van der Waals surface area contributed by atoms with Gasteiger partial charge in [0, 0.05) is 23.7 Å². The molecule has 0 bridgehead atoms. The van der Waals surface area contributed by atoms with Crippen molar-refractivity contribution < 1.29 is 27.8 Å². The molecule has 7 heteroatoms. The van der Waals surface area contributed by atoms with E-state index in [4.69, 9.17) is 4.74 Å². The molecule has 4 nitrogen and oxygen atoms in total. The Hall–Kier alpha value is -2.80. The number of halogens is 3. The maximum Gasteiger partial charge on any atom is 0.416 e. The molecule has 1 aliphatic carbocycles. The van der Waals surface area contributed by atoms with Crippen molar-refractivity contribution in [1.82, 2.24) is 0 Å². The molecule has 0 fully saturated rings. The quantitative estimate of drug-likeness (QED) is 0.564. The average molecular weight is 445 g/mol. The highest BCUT2D eigenvalue weighted by Crippen LogP contribution is 2.45. The Balaban J connectivity index is 1.66. The highest BCUT2D eigenvalue weighted by Gasteiger charge is 2.38. The van der Waals surface area contributed by atoms with Gasteiger partial charge in [-0.1, -0.05) is 26.0 Å². The number of hydrogen-bond donors (Lipinski definition) is 2. The molecule has 1 aliphatic heterocycles. The average Bonchev–Trinajstić information content (AvgIpc) is 3.12. The summed E-state index contributed by atoms with van der Waals surface area (Å²) >= 11 is 0. The van der Waals surface area contributed by atoms with E-state index in [0.717, 1.165) is 29.7 Å². The fourth-order valence-electron chi connectivity index (χ4n) is 4.53. The summed E-state index contributed by atoms with van der Waals surface area (Å²) in [6, 6.07) is 8.87. The number of carbonyl (C=O) groups excluding carboxylic acids is 1. The minimum absolute atomic E-state index is 0.148. The summed E-state index contributed by atoms with van der Waals surface area (Å²) in [6.45, 7) is 3.85. The SMILES string of the molecule is CCC1(CC)C/C(=C\C(=O)Nc2ccc3c(c2)[C@H](O)CC3)c2ccc(C(F)(F)F)cc2O1. The van der Waals surface area contributed by atoms with Gasteiger partial charge in [0.15, 0.2) is 0 Å². The number of carbonyl (C=O) groups is 1. The van der Waals surface area contributed by atoms with E-state index >= 15 is 0 Å². The third-order valence-corrected chi connectivity index (χ3v) is 6.55. The maximum absolute atomic E-state index is 13.2. The van der Waals surface area contributed by atoms with Crippen LogP contribution in [0.2, 0.25) is 0 Å². The number of alkyl halides is 3. The number of aryl methyl sites for hydroxylation is 1. The molecule has 0 spiro atoms. The summed E-state index contributed by atoms with van der Waals surface area (Å²) < 4.78 is 45.7. The van der Waals surface area contributed by atoms with Crippen LogP contribution in [0.25, 0.3) is 5.57 Å². The van der Waals surface area contributed by atoms with E-state index < -0.39 is 23.4 Å². The van der Waals surface area contributed by atoms with Crippen molar-refractivity contribution in [2.75, 3.05) is 5.32 Å². The van der Waals surface area contributed by atoms with E-state index in [1.165, 1.54) is 12.1 Å². The van der Waals surface area contributed by atoms with Gasteiger partial charge < -0.3 is 15.2 Å². The van der Waals surface area contributed by atoms with Crippen molar-refractivity contribution in [2.24, 2.45) is 0 Å². The van der Waals surface area contributed by atoms with Crippen LogP contribution in [-0.2, 0) is 17.4 Å². The van der Waals surface area contributed by atoms with E-state index in [9.17, 15) is 23.1 Å². The number of aliphatic hydroxyl groups excluding tert-OH is 1. The predicted octanol–water partition coefficient (Wildman–Crippen LogP) is 6.05. The summed E-state index contributed by atoms with van der Waals surface area (Å²) in [5, 5.41) is 12.9. The molecular formula is C25H26F3NO3. The molecule has 1 amide bonds. The van der Waals surface area contributed by atoms with Gasteiger partial charge in [0.2, 0.25) is 5.91 Å². The van der Waals surface area contributed by atoms with Crippen molar-refractivity contribution in [3.05, 3.63) is 64.7 Å². The zero-order chi connectivity index (χ0) is 23.1. The van der Waals surface area contributed by atoms with Crippen LogP contribution in [0, 0.1) is 0 Å². The number of aliphatic hydroxyl groups is 1. The first-order valence-corrected chi connectivity index (χ1v) is 10.9. The van der Waals surface area contributed by atoms with E-state index in [-0.39, 0.29) is 11.7 Å². The molecule has 2 N–H and O–H groups in total. The second kappa shape index (κ2) is 8.28. The highest BCUT2D eigenvalue weighted by molar-refractivity contribution is 6.04. The van der Waals surface area contributed by atoms with Crippen LogP contribution >= 0.6 is 0 Å². The molecule has 0 unspecified atom stereocenters.